The summed E-state index contributed by atoms with van der Waals surface area (Å²) >= 11 is 1.70. The second-order valence-corrected chi connectivity index (χ2v) is 4.49. The van der Waals surface area contributed by atoms with Crippen molar-refractivity contribution < 1.29 is 0 Å². The van der Waals surface area contributed by atoms with Gasteiger partial charge in [-0.05, 0) is 23.9 Å². The van der Waals surface area contributed by atoms with Crippen LogP contribution in [0.5, 0.6) is 0 Å². The van der Waals surface area contributed by atoms with Crippen LogP contribution in [0.25, 0.3) is 0 Å². The van der Waals surface area contributed by atoms with Gasteiger partial charge in [-0.25, -0.2) is 0 Å². The summed E-state index contributed by atoms with van der Waals surface area (Å²) in [7, 11) is 0. The largest absolute Gasteiger partial charge is 0.317 e. The van der Waals surface area contributed by atoms with Crippen LogP contribution >= 0.6 is 11.3 Å². The van der Waals surface area contributed by atoms with Crippen LogP contribution in [0.1, 0.15) is 17.4 Å². The number of hydrogen-bond donors (Lipinski definition) is 1. The van der Waals surface area contributed by atoms with Gasteiger partial charge in [-0.3, -0.25) is 0 Å². The predicted molar refractivity (Wildman–Crippen MR) is 61.4 cm³/mol. The molecule has 0 aliphatic carbocycles. The first-order valence-corrected chi connectivity index (χ1v) is 5.47. The smallest absolute Gasteiger partial charge is 0.0730 e. The standard InChI is InChI=1S/C12H13NS/c1-12(13,11-8-5-9-14-11)10-6-3-2-4-7-10/h2-9H,13H2,1H3. The Hall–Kier alpha value is -1.12. The highest BCUT2D eigenvalue weighted by molar-refractivity contribution is 7.10. The molecule has 0 aliphatic rings. The topological polar surface area (TPSA) is 26.0 Å². The molecule has 0 aliphatic heterocycles. The highest BCUT2D eigenvalue weighted by Gasteiger charge is 2.23. The fourth-order valence-corrected chi connectivity index (χ4v) is 2.32. The van der Waals surface area contributed by atoms with Crippen LogP contribution in [0.2, 0.25) is 0 Å². The molecule has 0 spiro atoms. The molecule has 2 N–H and O–H groups in total. The molecule has 2 rings (SSSR count). The monoisotopic (exact) mass is 203 g/mol. The van der Waals surface area contributed by atoms with Gasteiger partial charge in [0.05, 0.1) is 5.54 Å². The highest BCUT2D eigenvalue weighted by Crippen LogP contribution is 2.29. The summed E-state index contributed by atoms with van der Waals surface area (Å²) in [5, 5.41) is 2.06. The van der Waals surface area contributed by atoms with E-state index in [0.29, 0.717) is 0 Å². The van der Waals surface area contributed by atoms with Gasteiger partial charge in [0, 0.05) is 4.88 Å². The fraction of sp³-hybridized carbons (Fsp3) is 0.167. The maximum absolute atomic E-state index is 6.31. The van der Waals surface area contributed by atoms with Crippen LogP contribution in [0.15, 0.2) is 47.8 Å². The Morgan fingerprint density at radius 1 is 1.07 bits per heavy atom. The van der Waals surface area contributed by atoms with Gasteiger partial charge in [0.25, 0.3) is 0 Å². The molecule has 1 aromatic heterocycles. The van der Waals surface area contributed by atoms with Crippen molar-refractivity contribution in [1.29, 1.82) is 0 Å². The number of hydrogen-bond acceptors (Lipinski definition) is 2. The summed E-state index contributed by atoms with van der Waals surface area (Å²) < 4.78 is 0. The Kier molecular flexibility index (Phi) is 2.40. The van der Waals surface area contributed by atoms with E-state index in [0.717, 1.165) is 5.56 Å². The predicted octanol–water partition coefficient (Wildman–Crippen LogP) is 2.97. The Morgan fingerprint density at radius 3 is 2.36 bits per heavy atom. The second-order valence-electron chi connectivity index (χ2n) is 3.55. The Labute approximate surface area is 88.2 Å². The van der Waals surface area contributed by atoms with E-state index in [1.807, 2.05) is 31.2 Å². The minimum absolute atomic E-state index is 0.366. The average Bonchev–Trinajstić information content (AvgIpc) is 2.72. The van der Waals surface area contributed by atoms with Gasteiger partial charge in [-0.2, -0.15) is 0 Å². The quantitative estimate of drug-likeness (QED) is 0.798. The van der Waals surface area contributed by atoms with E-state index >= 15 is 0 Å². The molecule has 0 saturated carbocycles. The van der Waals surface area contributed by atoms with E-state index in [9.17, 15) is 0 Å². The summed E-state index contributed by atoms with van der Waals surface area (Å²) in [6, 6.07) is 14.3. The molecule has 1 atom stereocenters. The maximum atomic E-state index is 6.31. The van der Waals surface area contributed by atoms with Crippen LogP contribution in [-0.2, 0) is 5.54 Å². The molecule has 1 nitrogen and oxygen atoms in total. The first kappa shape index (κ1) is 9.44. The van der Waals surface area contributed by atoms with Gasteiger partial charge in [-0.15, -0.1) is 11.3 Å². The van der Waals surface area contributed by atoms with Gasteiger partial charge in [0.15, 0.2) is 0 Å². The normalized spacial score (nSPS) is 15.0. The molecule has 1 aromatic carbocycles. The average molecular weight is 203 g/mol. The second kappa shape index (κ2) is 3.56. The minimum Gasteiger partial charge on any atom is -0.317 e. The third-order valence-electron chi connectivity index (χ3n) is 2.41. The van der Waals surface area contributed by atoms with Crippen molar-refractivity contribution in [2.45, 2.75) is 12.5 Å². The van der Waals surface area contributed by atoms with Crippen LogP contribution in [0.4, 0.5) is 0 Å². The summed E-state index contributed by atoms with van der Waals surface area (Å²) in [5.41, 5.74) is 7.10. The number of rotatable bonds is 2. The Bertz CT molecular complexity index is 390. The van der Waals surface area contributed by atoms with Crippen molar-refractivity contribution in [3.63, 3.8) is 0 Å². The molecular weight excluding hydrogens is 190 g/mol. The van der Waals surface area contributed by atoms with Gasteiger partial charge < -0.3 is 5.73 Å². The molecule has 14 heavy (non-hydrogen) atoms. The zero-order valence-corrected chi connectivity index (χ0v) is 8.92. The molecule has 0 bridgehead atoms. The third-order valence-corrected chi connectivity index (χ3v) is 3.51. The fourth-order valence-electron chi connectivity index (χ4n) is 1.50. The van der Waals surface area contributed by atoms with E-state index in [-0.39, 0.29) is 5.54 Å². The lowest BCUT2D eigenvalue weighted by atomic mass is 9.92. The van der Waals surface area contributed by atoms with Gasteiger partial charge in [0.2, 0.25) is 0 Å². The molecule has 0 radical (unpaired) electrons. The zero-order chi connectivity index (χ0) is 10.0. The molecule has 0 amide bonds. The van der Waals surface area contributed by atoms with Crippen LogP contribution in [-0.4, -0.2) is 0 Å². The summed E-state index contributed by atoms with van der Waals surface area (Å²) in [4.78, 5) is 1.20. The van der Waals surface area contributed by atoms with E-state index in [4.69, 9.17) is 5.73 Å². The molecule has 0 saturated heterocycles. The molecule has 1 heterocycles. The van der Waals surface area contributed by atoms with E-state index in [1.165, 1.54) is 4.88 Å². The van der Waals surface area contributed by atoms with Crippen LogP contribution < -0.4 is 5.73 Å². The number of thiophene rings is 1. The van der Waals surface area contributed by atoms with E-state index in [2.05, 4.69) is 23.6 Å². The Morgan fingerprint density at radius 2 is 1.79 bits per heavy atom. The summed E-state index contributed by atoms with van der Waals surface area (Å²) in [6.45, 7) is 2.05. The SMILES string of the molecule is CC(N)(c1ccccc1)c1cccs1. The number of benzene rings is 1. The molecule has 2 aromatic rings. The first-order valence-electron chi connectivity index (χ1n) is 4.59. The summed E-state index contributed by atoms with van der Waals surface area (Å²) in [6.07, 6.45) is 0. The lowest BCUT2D eigenvalue weighted by Crippen LogP contribution is -2.33. The van der Waals surface area contributed by atoms with Crippen molar-refractivity contribution in [1.82, 2.24) is 0 Å². The van der Waals surface area contributed by atoms with Crippen LogP contribution in [0.3, 0.4) is 0 Å². The van der Waals surface area contributed by atoms with Gasteiger partial charge >= 0.3 is 0 Å². The van der Waals surface area contributed by atoms with E-state index < -0.39 is 0 Å². The number of nitrogens with two attached hydrogens (primary N) is 1. The molecule has 2 heteroatoms. The van der Waals surface area contributed by atoms with Crippen molar-refractivity contribution >= 4 is 11.3 Å². The minimum atomic E-state index is -0.366. The summed E-state index contributed by atoms with van der Waals surface area (Å²) in [5.74, 6) is 0. The maximum Gasteiger partial charge on any atom is 0.0730 e. The van der Waals surface area contributed by atoms with Crippen LogP contribution in [0, 0.1) is 0 Å². The van der Waals surface area contributed by atoms with E-state index in [1.54, 1.807) is 11.3 Å². The van der Waals surface area contributed by atoms with Gasteiger partial charge in [0.1, 0.15) is 0 Å². The highest BCUT2D eigenvalue weighted by atomic mass is 32.1. The Balaban J connectivity index is 2.43. The first-order chi connectivity index (χ1) is 6.71. The molecule has 72 valence electrons. The lowest BCUT2D eigenvalue weighted by Gasteiger charge is -2.23. The lowest BCUT2D eigenvalue weighted by molar-refractivity contribution is 0.617. The zero-order valence-electron chi connectivity index (χ0n) is 8.10. The van der Waals surface area contributed by atoms with Gasteiger partial charge in [-0.1, -0.05) is 36.4 Å². The van der Waals surface area contributed by atoms with Crippen molar-refractivity contribution in [2.75, 3.05) is 0 Å². The van der Waals surface area contributed by atoms with Crippen molar-refractivity contribution in [3.05, 3.63) is 58.3 Å². The third kappa shape index (κ3) is 1.59. The molecular formula is C12H13NS. The molecule has 0 fully saturated rings. The van der Waals surface area contributed by atoms with Crippen molar-refractivity contribution in [3.8, 4) is 0 Å². The molecule has 1 unspecified atom stereocenters. The van der Waals surface area contributed by atoms with Crippen molar-refractivity contribution in [2.24, 2.45) is 5.73 Å².